The summed E-state index contributed by atoms with van der Waals surface area (Å²) in [6, 6.07) is 2.65. The number of amides is 1. The summed E-state index contributed by atoms with van der Waals surface area (Å²) in [5.41, 5.74) is -1.92. The maximum atomic E-state index is 13.0. The summed E-state index contributed by atoms with van der Waals surface area (Å²) in [6.07, 6.45) is -4.68. The average molecular weight is 304 g/mol. The van der Waals surface area contributed by atoms with Crippen molar-refractivity contribution in [3.05, 3.63) is 35.5 Å². The minimum absolute atomic E-state index is 0.0173. The minimum Gasteiger partial charge on any atom is -0.508 e. The molecule has 6 nitrogen and oxygen atoms in total. The number of phenolic OH excluding ortho intramolecular Hbond substituents is 2. The summed E-state index contributed by atoms with van der Waals surface area (Å²) in [6.45, 7) is 1.24. The fraction of sp³-hybridized carbons (Fsp3) is 0.250. The molecule has 9 heteroatoms. The number of hydrogen-bond donors (Lipinski definition) is 4. The zero-order valence-electron chi connectivity index (χ0n) is 10.6. The van der Waals surface area contributed by atoms with Crippen molar-refractivity contribution in [2.75, 3.05) is 0 Å². The molecule has 1 unspecified atom stereocenters. The van der Waals surface area contributed by atoms with Gasteiger partial charge in [0.25, 0.3) is 11.6 Å². The molecule has 1 aromatic carbocycles. The third-order valence-corrected chi connectivity index (χ3v) is 2.82. The number of nitrogens with one attached hydrogen (secondary N) is 1. The molecule has 0 spiro atoms. The number of aromatic hydroxyl groups is 2. The summed E-state index contributed by atoms with van der Waals surface area (Å²) < 4.78 is 38.9. The van der Waals surface area contributed by atoms with E-state index in [2.05, 4.69) is 5.43 Å². The van der Waals surface area contributed by atoms with Crippen molar-refractivity contribution in [3.8, 4) is 11.5 Å². The van der Waals surface area contributed by atoms with Gasteiger partial charge in [-0.3, -0.25) is 10.2 Å². The molecule has 1 amide bonds. The number of alkyl halides is 3. The lowest BCUT2D eigenvalue weighted by atomic mass is 10.1. The molecule has 114 valence electrons. The molecule has 1 atom stereocenters. The van der Waals surface area contributed by atoms with Gasteiger partial charge in [-0.2, -0.15) is 13.2 Å². The number of carbonyl (C=O) groups excluding carboxylic acids is 1. The molecule has 1 aliphatic rings. The number of allylic oxidation sites excluding steroid dienone is 1. The molecular formula is C12H11F3N2O4. The Hall–Kier alpha value is -2.42. The second kappa shape index (κ2) is 4.55. The molecule has 0 saturated heterocycles. The number of hydrazine groups is 1. The molecule has 0 fully saturated rings. The highest BCUT2D eigenvalue weighted by molar-refractivity contribution is 5.95. The summed E-state index contributed by atoms with van der Waals surface area (Å²) in [5.74, 6) is -2.27. The lowest BCUT2D eigenvalue weighted by Crippen LogP contribution is -2.60. The van der Waals surface area contributed by atoms with E-state index in [1.807, 2.05) is 0 Å². The molecule has 4 N–H and O–H groups in total. The fourth-order valence-electron chi connectivity index (χ4n) is 1.92. The Kier molecular flexibility index (Phi) is 3.25. The minimum atomic E-state index is -5.13. The second-order valence-electron chi connectivity index (χ2n) is 4.54. The third-order valence-electron chi connectivity index (χ3n) is 2.82. The third kappa shape index (κ3) is 2.47. The van der Waals surface area contributed by atoms with Crippen LogP contribution < -0.4 is 5.43 Å². The maximum absolute atomic E-state index is 13.0. The number of hydrogen-bond acceptors (Lipinski definition) is 5. The molecule has 0 saturated carbocycles. The molecule has 1 aliphatic heterocycles. The van der Waals surface area contributed by atoms with E-state index in [9.17, 15) is 33.3 Å². The molecule has 0 radical (unpaired) electrons. The predicted molar refractivity (Wildman–Crippen MR) is 63.8 cm³/mol. The van der Waals surface area contributed by atoms with Gasteiger partial charge in [-0.1, -0.05) is 0 Å². The van der Waals surface area contributed by atoms with Gasteiger partial charge in [0.05, 0.1) is 0 Å². The maximum Gasteiger partial charge on any atom is 0.442 e. The lowest BCUT2D eigenvalue weighted by molar-refractivity contribution is -0.283. The first kappa shape index (κ1) is 15.0. The van der Waals surface area contributed by atoms with Crippen molar-refractivity contribution in [2.45, 2.75) is 18.8 Å². The van der Waals surface area contributed by atoms with Crippen molar-refractivity contribution >= 4 is 5.91 Å². The van der Waals surface area contributed by atoms with Crippen molar-refractivity contribution < 1.29 is 33.3 Å². The number of benzene rings is 1. The zero-order valence-corrected chi connectivity index (χ0v) is 10.6. The van der Waals surface area contributed by atoms with Gasteiger partial charge in [-0.25, -0.2) is 5.01 Å². The highest BCUT2D eigenvalue weighted by Crippen LogP contribution is 2.38. The number of halogens is 3. The molecule has 0 aromatic heterocycles. The molecule has 2 rings (SSSR count). The van der Waals surface area contributed by atoms with E-state index in [-0.39, 0.29) is 10.7 Å². The summed E-state index contributed by atoms with van der Waals surface area (Å²) >= 11 is 0. The van der Waals surface area contributed by atoms with Crippen LogP contribution in [0.25, 0.3) is 0 Å². The van der Waals surface area contributed by atoms with E-state index < -0.39 is 34.9 Å². The van der Waals surface area contributed by atoms with Crippen LogP contribution in [-0.4, -0.2) is 38.1 Å². The van der Waals surface area contributed by atoms with Crippen LogP contribution in [0.5, 0.6) is 11.5 Å². The molecular weight excluding hydrogens is 293 g/mol. The number of rotatable bonds is 1. The SMILES string of the molecule is CC1=CC(O)(C(F)(F)F)N(C(=O)c2cc(O)cc(O)c2)N1. The summed E-state index contributed by atoms with van der Waals surface area (Å²) in [7, 11) is 0. The van der Waals surface area contributed by atoms with Crippen LogP contribution in [0.3, 0.4) is 0 Å². The van der Waals surface area contributed by atoms with Gasteiger partial charge < -0.3 is 15.3 Å². The Morgan fingerprint density at radius 3 is 2.24 bits per heavy atom. The van der Waals surface area contributed by atoms with Gasteiger partial charge in [-0.15, -0.1) is 0 Å². The van der Waals surface area contributed by atoms with Gasteiger partial charge in [0.2, 0.25) is 0 Å². The Morgan fingerprint density at radius 1 is 1.24 bits per heavy atom. The number of phenols is 2. The van der Waals surface area contributed by atoms with Crippen molar-refractivity contribution in [2.24, 2.45) is 0 Å². The van der Waals surface area contributed by atoms with Gasteiger partial charge in [0.15, 0.2) is 0 Å². The summed E-state index contributed by atoms with van der Waals surface area (Å²) in [5, 5.41) is 28.3. The number of nitrogens with zero attached hydrogens (tertiary/aromatic N) is 1. The van der Waals surface area contributed by atoms with Crippen molar-refractivity contribution in [1.29, 1.82) is 0 Å². The lowest BCUT2D eigenvalue weighted by Gasteiger charge is -2.33. The van der Waals surface area contributed by atoms with E-state index in [4.69, 9.17) is 0 Å². The van der Waals surface area contributed by atoms with Gasteiger partial charge in [0, 0.05) is 17.3 Å². The van der Waals surface area contributed by atoms with Crippen molar-refractivity contribution in [1.82, 2.24) is 10.4 Å². The molecule has 0 bridgehead atoms. The largest absolute Gasteiger partial charge is 0.508 e. The smallest absolute Gasteiger partial charge is 0.442 e. The Morgan fingerprint density at radius 2 is 1.76 bits per heavy atom. The Labute approximate surface area is 116 Å². The average Bonchev–Trinajstić information content (AvgIpc) is 2.63. The van der Waals surface area contributed by atoms with Crippen LogP contribution in [-0.2, 0) is 0 Å². The van der Waals surface area contributed by atoms with E-state index in [0.717, 1.165) is 18.2 Å². The van der Waals surface area contributed by atoms with Crippen LogP contribution >= 0.6 is 0 Å². The topological polar surface area (TPSA) is 93.0 Å². The quantitative estimate of drug-likeness (QED) is 0.626. The van der Waals surface area contributed by atoms with E-state index >= 15 is 0 Å². The molecule has 1 heterocycles. The van der Waals surface area contributed by atoms with Crippen LogP contribution in [0.15, 0.2) is 30.0 Å². The number of aliphatic hydroxyl groups is 1. The van der Waals surface area contributed by atoms with Gasteiger partial charge in [0.1, 0.15) is 11.5 Å². The Bertz CT molecular complexity index is 609. The van der Waals surface area contributed by atoms with Crippen molar-refractivity contribution in [3.63, 3.8) is 0 Å². The van der Waals surface area contributed by atoms with E-state index in [0.29, 0.717) is 6.08 Å². The van der Waals surface area contributed by atoms with Crippen LogP contribution in [0.4, 0.5) is 13.2 Å². The first-order valence-electron chi connectivity index (χ1n) is 5.67. The van der Waals surface area contributed by atoms with Crippen LogP contribution in [0.1, 0.15) is 17.3 Å². The van der Waals surface area contributed by atoms with Crippen LogP contribution in [0, 0.1) is 0 Å². The van der Waals surface area contributed by atoms with Gasteiger partial charge >= 0.3 is 6.18 Å². The van der Waals surface area contributed by atoms with E-state index in [1.165, 1.54) is 6.92 Å². The summed E-state index contributed by atoms with van der Waals surface area (Å²) in [4.78, 5) is 12.1. The second-order valence-corrected chi connectivity index (χ2v) is 4.54. The monoisotopic (exact) mass is 304 g/mol. The zero-order chi connectivity index (χ0) is 16.0. The number of carbonyl (C=O) groups is 1. The molecule has 21 heavy (non-hydrogen) atoms. The van der Waals surface area contributed by atoms with Gasteiger partial charge in [-0.05, 0) is 25.1 Å². The highest BCUT2D eigenvalue weighted by Gasteiger charge is 2.61. The normalized spacial score (nSPS) is 22.0. The van der Waals surface area contributed by atoms with Crippen LogP contribution in [0.2, 0.25) is 0 Å². The first-order valence-corrected chi connectivity index (χ1v) is 5.67. The molecule has 1 aromatic rings. The Balaban J connectivity index is 2.43. The highest BCUT2D eigenvalue weighted by atomic mass is 19.4. The predicted octanol–water partition coefficient (Wildman–Crippen LogP) is 1.21. The first-order chi connectivity index (χ1) is 9.54. The standard InChI is InChI=1S/C12H11F3N2O4/c1-6-5-11(21,12(13,14)15)17(16-6)10(20)7-2-8(18)4-9(19)3-7/h2-5,16,18-19,21H,1H3. The molecule has 0 aliphatic carbocycles. The van der Waals surface area contributed by atoms with E-state index in [1.54, 1.807) is 0 Å². The fourth-order valence-corrected chi connectivity index (χ4v) is 1.92.